The minimum Gasteiger partial charge on any atom is -0.472 e. The summed E-state index contributed by atoms with van der Waals surface area (Å²) in [4.78, 5) is 6.78. The SMILES string of the molecule is C1=CC23C=Nc4ccccc4N2C=CC3=CO1. The summed E-state index contributed by atoms with van der Waals surface area (Å²) in [6, 6.07) is 8.15. The van der Waals surface area contributed by atoms with Gasteiger partial charge in [0, 0.05) is 18.0 Å². The second kappa shape index (κ2) is 2.88. The van der Waals surface area contributed by atoms with Crippen molar-refractivity contribution >= 4 is 17.6 Å². The van der Waals surface area contributed by atoms with E-state index < -0.39 is 0 Å². The van der Waals surface area contributed by atoms with Crippen LogP contribution in [0.3, 0.4) is 0 Å². The lowest BCUT2D eigenvalue weighted by atomic mass is 9.90. The van der Waals surface area contributed by atoms with E-state index in [0.717, 1.165) is 16.9 Å². The highest BCUT2D eigenvalue weighted by molar-refractivity contribution is 5.96. The Labute approximate surface area is 99.0 Å². The molecule has 3 aliphatic rings. The Balaban J connectivity index is 1.98. The van der Waals surface area contributed by atoms with Crippen LogP contribution in [-0.2, 0) is 4.74 Å². The quantitative estimate of drug-likeness (QED) is 0.674. The Bertz CT molecular complexity index is 612. The van der Waals surface area contributed by atoms with E-state index in [1.807, 2.05) is 30.5 Å². The maximum atomic E-state index is 5.23. The number of anilines is 1. The van der Waals surface area contributed by atoms with E-state index in [1.165, 1.54) is 0 Å². The molecule has 3 aliphatic heterocycles. The second-order valence-corrected chi connectivity index (χ2v) is 4.27. The van der Waals surface area contributed by atoms with Crippen LogP contribution in [0.5, 0.6) is 0 Å². The zero-order valence-corrected chi connectivity index (χ0v) is 9.08. The lowest BCUT2D eigenvalue weighted by Gasteiger charge is -2.39. The van der Waals surface area contributed by atoms with E-state index in [0.29, 0.717) is 0 Å². The first-order chi connectivity index (χ1) is 8.40. The molecule has 0 N–H and O–H groups in total. The standard InChI is InChI=1S/C14H10N2O/c1-2-4-13-12(3-1)15-10-14-6-8-17-9-11(14)5-7-16(13)14/h1-10H. The van der Waals surface area contributed by atoms with Crippen LogP contribution >= 0.6 is 0 Å². The van der Waals surface area contributed by atoms with Crippen molar-refractivity contribution in [1.29, 1.82) is 0 Å². The minimum absolute atomic E-state index is 0.285. The third-order valence-corrected chi connectivity index (χ3v) is 3.40. The van der Waals surface area contributed by atoms with Crippen LogP contribution in [0.15, 0.2) is 65.7 Å². The molecule has 0 radical (unpaired) electrons. The average molecular weight is 222 g/mol. The number of benzene rings is 1. The molecule has 1 aromatic rings. The van der Waals surface area contributed by atoms with Crippen LogP contribution in [-0.4, -0.2) is 11.8 Å². The topological polar surface area (TPSA) is 24.8 Å². The monoisotopic (exact) mass is 222 g/mol. The van der Waals surface area contributed by atoms with Gasteiger partial charge in [0.2, 0.25) is 0 Å². The first-order valence-electron chi connectivity index (χ1n) is 5.56. The Morgan fingerprint density at radius 2 is 2.18 bits per heavy atom. The van der Waals surface area contributed by atoms with Gasteiger partial charge in [0.05, 0.1) is 23.9 Å². The number of hydrogen-bond donors (Lipinski definition) is 0. The Morgan fingerprint density at radius 3 is 3.18 bits per heavy atom. The molecule has 1 spiro atoms. The maximum Gasteiger partial charge on any atom is 0.130 e. The van der Waals surface area contributed by atoms with Crippen LogP contribution in [0.2, 0.25) is 0 Å². The van der Waals surface area contributed by atoms with Crippen molar-refractivity contribution in [1.82, 2.24) is 0 Å². The summed E-state index contributed by atoms with van der Waals surface area (Å²) in [5.41, 5.74) is 2.95. The van der Waals surface area contributed by atoms with Crippen molar-refractivity contribution in [2.45, 2.75) is 5.54 Å². The predicted molar refractivity (Wildman–Crippen MR) is 67.3 cm³/mol. The molecule has 0 aromatic heterocycles. The van der Waals surface area contributed by atoms with E-state index >= 15 is 0 Å². The molecule has 17 heavy (non-hydrogen) atoms. The highest BCUT2D eigenvalue weighted by Crippen LogP contribution is 2.45. The zero-order chi connectivity index (χ0) is 11.3. The van der Waals surface area contributed by atoms with Crippen LogP contribution in [0.1, 0.15) is 0 Å². The summed E-state index contributed by atoms with van der Waals surface area (Å²) in [5.74, 6) is 0. The summed E-state index contributed by atoms with van der Waals surface area (Å²) in [6.07, 6.45) is 11.6. The smallest absolute Gasteiger partial charge is 0.130 e. The number of nitrogens with zero attached hydrogens (tertiary/aromatic N) is 2. The molecule has 1 atom stereocenters. The third kappa shape index (κ3) is 0.984. The number of ether oxygens (including phenoxy) is 1. The molecule has 0 bridgehead atoms. The number of fused-ring (bicyclic) bond motifs is 2. The second-order valence-electron chi connectivity index (χ2n) is 4.27. The summed E-state index contributed by atoms with van der Waals surface area (Å²) < 4.78 is 5.23. The number of hydrogen-bond acceptors (Lipinski definition) is 3. The van der Waals surface area contributed by atoms with Gasteiger partial charge in [0.15, 0.2) is 0 Å². The Morgan fingerprint density at radius 1 is 1.24 bits per heavy atom. The molecule has 0 fully saturated rings. The zero-order valence-electron chi connectivity index (χ0n) is 9.08. The highest BCUT2D eigenvalue weighted by Gasteiger charge is 2.43. The van der Waals surface area contributed by atoms with Crippen molar-refractivity contribution in [3.63, 3.8) is 0 Å². The Hall–Kier alpha value is -2.29. The number of aliphatic imine (C=N–C) groups is 1. The molecule has 82 valence electrons. The molecule has 3 heteroatoms. The van der Waals surface area contributed by atoms with Crippen molar-refractivity contribution in [3.8, 4) is 0 Å². The largest absolute Gasteiger partial charge is 0.472 e. The molecule has 3 heterocycles. The average Bonchev–Trinajstić information content (AvgIpc) is 2.78. The molecular formula is C14H10N2O. The molecule has 0 saturated heterocycles. The van der Waals surface area contributed by atoms with Gasteiger partial charge in [-0.05, 0) is 24.3 Å². The van der Waals surface area contributed by atoms with E-state index in [4.69, 9.17) is 4.74 Å². The van der Waals surface area contributed by atoms with Gasteiger partial charge in [-0.3, -0.25) is 4.99 Å². The van der Waals surface area contributed by atoms with Gasteiger partial charge >= 0.3 is 0 Å². The summed E-state index contributed by atoms with van der Waals surface area (Å²) in [5, 5.41) is 0. The minimum atomic E-state index is -0.285. The van der Waals surface area contributed by atoms with Gasteiger partial charge in [-0.1, -0.05) is 12.1 Å². The van der Waals surface area contributed by atoms with Crippen LogP contribution in [0.25, 0.3) is 0 Å². The van der Waals surface area contributed by atoms with Crippen molar-refractivity contribution in [3.05, 3.63) is 60.7 Å². The van der Waals surface area contributed by atoms with Gasteiger partial charge in [-0.25, -0.2) is 0 Å². The summed E-state index contributed by atoms with van der Waals surface area (Å²) in [6.45, 7) is 0. The fourth-order valence-corrected chi connectivity index (χ4v) is 2.52. The van der Waals surface area contributed by atoms with E-state index in [1.54, 1.807) is 12.5 Å². The van der Waals surface area contributed by atoms with Crippen LogP contribution < -0.4 is 4.90 Å². The number of para-hydroxylation sites is 2. The predicted octanol–water partition coefficient (Wildman–Crippen LogP) is 2.90. The Kier molecular flexibility index (Phi) is 1.50. The van der Waals surface area contributed by atoms with Gasteiger partial charge in [0.1, 0.15) is 5.54 Å². The molecule has 0 saturated carbocycles. The fourth-order valence-electron chi connectivity index (χ4n) is 2.52. The van der Waals surface area contributed by atoms with Crippen molar-refractivity contribution in [2.75, 3.05) is 4.90 Å². The first-order valence-corrected chi connectivity index (χ1v) is 5.56. The third-order valence-electron chi connectivity index (χ3n) is 3.40. The summed E-state index contributed by atoms with van der Waals surface area (Å²) >= 11 is 0. The van der Waals surface area contributed by atoms with Crippen molar-refractivity contribution < 1.29 is 4.74 Å². The van der Waals surface area contributed by atoms with Crippen LogP contribution in [0, 0.1) is 0 Å². The molecular weight excluding hydrogens is 212 g/mol. The molecule has 1 unspecified atom stereocenters. The van der Waals surface area contributed by atoms with E-state index in [9.17, 15) is 0 Å². The van der Waals surface area contributed by atoms with Gasteiger partial charge in [0.25, 0.3) is 0 Å². The molecule has 0 aliphatic carbocycles. The van der Waals surface area contributed by atoms with Gasteiger partial charge in [-0.15, -0.1) is 0 Å². The molecule has 4 rings (SSSR count). The number of rotatable bonds is 0. The lowest BCUT2D eigenvalue weighted by molar-refractivity contribution is 0.382. The van der Waals surface area contributed by atoms with Crippen molar-refractivity contribution in [2.24, 2.45) is 4.99 Å². The van der Waals surface area contributed by atoms with E-state index in [2.05, 4.69) is 28.2 Å². The first kappa shape index (κ1) is 8.82. The van der Waals surface area contributed by atoms with Gasteiger partial charge in [-0.2, -0.15) is 0 Å². The normalized spacial score (nSPS) is 27.1. The fraction of sp³-hybridized carbons (Fsp3) is 0.0714. The summed E-state index contributed by atoms with van der Waals surface area (Å²) in [7, 11) is 0. The molecule has 1 aromatic carbocycles. The molecule has 0 amide bonds. The van der Waals surface area contributed by atoms with Crippen LogP contribution in [0.4, 0.5) is 11.4 Å². The van der Waals surface area contributed by atoms with Gasteiger partial charge < -0.3 is 9.64 Å². The highest BCUT2D eigenvalue weighted by atomic mass is 16.5. The maximum absolute atomic E-state index is 5.23. The lowest BCUT2D eigenvalue weighted by Crippen LogP contribution is -2.46. The molecule has 3 nitrogen and oxygen atoms in total. The van der Waals surface area contributed by atoms with E-state index in [-0.39, 0.29) is 5.54 Å².